The first-order valence-corrected chi connectivity index (χ1v) is 16.7. The number of benzene rings is 2. The van der Waals surface area contributed by atoms with Crippen molar-refractivity contribution in [1.82, 2.24) is 15.0 Å². The maximum atomic E-state index is 13.7. The minimum atomic E-state index is -3.97. The molecule has 0 unspecified atom stereocenters. The summed E-state index contributed by atoms with van der Waals surface area (Å²) in [5.41, 5.74) is 3.36. The van der Waals surface area contributed by atoms with Gasteiger partial charge in [-0.3, -0.25) is 9.59 Å². The molecule has 4 rings (SSSR count). The highest BCUT2D eigenvalue weighted by Crippen LogP contribution is 2.31. The van der Waals surface area contributed by atoms with Crippen molar-refractivity contribution in [3.05, 3.63) is 65.4 Å². The fourth-order valence-corrected chi connectivity index (χ4v) is 6.78. The molecule has 0 aliphatic carbocycles. The third-order valence-electron chi connectivity index (χ3n) is 8.13. The van der Waals surface area contributed by atoms with Crippen molar-refractivity contribution >= 4 is 27.7 Å². The van der Waals surface area contributed by atoms with Crippen molar-refractivity contribution in [2.45, 2.75) is 90.6 Å². The van der Waals surface area contributed by atoms with Crippen molar-refractivity contribution < 1.29 is 22.5 Å². The quantitative estimate of drug-likeness (QED) is 0.258. The molecule has 1 aliphatic rings. The minimum absolute atomic E-state index is 0.0181. The Morgan fingerprint density at radius 1 is 1.02 bits per heavy atom. The molecular formula is C33H44N4O5S. The number of nitrogens with zero attached hydrogens (tertiary/aromatic N) is 3. The predicted molar refractivity (Wildman–Crippen MR) is 168 cm³/mol. The Bertz CT molecular complexity index is 1510. The van der Waals surface area contributed by atoms with E-state index in [2.05, 4.69) is 16.8 Å². The van der Waals surface area contributed by atoms with Crippen LogP contribution in [0.5, 0.6) is 0 Å². The van der Waals surface area contributed by atoms with Gasteiger partial charge in [-0.2, -0.15) is 0 Å². The Hall–Kier alpha value is -3.66. The number of carbonyl (C=O) groups is 2. The first-order valence-electron chi connectivity index (χ1n) is 15.3. The van der Waals surface area contributed by atoms with Gasteiger partial charge in [0.1, 0.15) is 6.04 Å². The van der Waals surface area contributed by atoms with Gasteiger partial charge in [0.05, 0.1) is 10.6 Å². The van der Waals surface area contributed by atoms with E-state index in [1.165, 1.54) is 0 Å². The lowest BCUT2D eigenvalue weighted by Crippen LogP contribution is -2.54. The number of sulfonamides is 1. The maximum absolute atomic E-state index is 13.7. The average molecular weight is 609 g/mol. The van der Waals surface area contributed by atoms with Crippen LogP contribution < -0.4 is 4.72 Å². The number of carbonyl (C=O) groups excluding carboxylic acids is 2. The molecule has 2 amide bonds. The van der Waals surface area contributed by atoms with E-state index in [0.717, 1.165) is 50.8 Å². The Balaban J connectivity index is 1.61. The summed E-state index contributed by atoms with van der Waals surface area (Å²) in [5.74, 6) is 0.0605. The SMILES string of the molecule is CCCCC(=O)N(Cc1ccc(-c2ccccc2S(=O)(=O)Nc2onc(C)c2C)cc1)[C@H](C(=O)N1CCCCC1)C(C)C. The summed E-state index contributed by atoms with van der Waals surface area (Å²) in [4.78, 5) is 31.1. The highest BCUT2D eigenvalue weighted by Gasteiger charge is 2.35. The van der Waals surface area contributed by atoms with Gasteiger partial charge in [0.15, 0.2) is 0 Å². The molecule has 1 fully saturated rings. The van der Waals surface area contributed by atoms with Crippen molar-refractivity contribution in [3.8, 4) is 11.1 Å². The van der Waals surface area contributed by atoms with Gasteiger partial charge in [0, 0.05) is 37.2 Å². The number of likely N-dealkylation sites (tertiary alicyclic amines) is 1. The van der Waals surface area contributed by atoms with Crippen LogP contribution in [-0.4, -0.2) is 54.3 Å². The zero-order chi connectivity index (χ0) is 31.1. The highest BCUT2D eigenvalue weighted by molar-refractivity contribution is 7.92. The number of rotatable bonds is 12. The zero-order valence-electron chi connectivity index (χ0n) is 25.9. The molecule has 1 aliphatic heterocycles. The molecule has 1 atom stereocenters. The Kier molecular flexibility index (Phi) is 10.7. The summed E-state index contributed by atoms with van der Waals surface area (Å²) >= 11 is 0. The molecule has 1 N–H and O–H groups in total. The number of hydrogen-bond donors (Lipinski definition) is 1. The van der Waals surface area contributed by atoms with Gasteiger partial charge in [0.2, 0.25) is 17.7 Å². The third kappa shape index (κ3) is 7.65. The average Bonchev–Trinajstić information content (AvgIpc) is 3.31. The lowest BCUT2D eigenvalue weighted by atomic mass is 9.97. The van der Waals surface area contributed by atoms with E-state index in [4.69, 9.17) is 4.52 Å². The molecule has 9 nitrogen and oxygen atoms in total. The van der Waals surface area contributed by atoms with E-state index >= 15 is 0 Å². The molecule has 1 aromatic heterocycles. The predicted octanol–water partition coefficient (Wildman–Crippen LogP) is 6.32. The topological polar surface area (TPSA) is 113 Å². The Morgan fingerprint density at radius 3 is 2.30 bits per heavy atom. The second kappa shape index (κ2) is 14.2. The lowest BCUT2D eigenvalue weighted by Gasteiger charge is -2.38. The summed E-state index contributed by atoms with van der Waals surface area (Å²) in [7, 11) is -3.97. The molecule has 43 heavy (non-hydrogen) atoms. The van der Waals surface area contributed by atoms with Gasteiger partial charge >= 0.3 is 0 Å². The van der Waals surface area contributed by atoms with Crippen LogP contribution in [0.3, 0.4) is 0 Å². The van der Waals surface area contributed by atoms with E-state index in [1.54, 1.807) is 43.0 Å². The summed E-state index contributed by atoms with van der Waals surface area (Å²) in [6.07, 6.45) is 5.17. The van der Waals surface area contributed by atoms with Crippen LogP contribution in [0.25, 0.3) is 11.1 Å². The zero-order valence-corrected chi connectivity index (χ0v) is 26.7. The molecule has 3 aromatic rings. The molecule has 0 saturated carbocycles. The summed E-state index contributed by atoms with van der Waals surface area (Å²) in [5, 5.41) is 3.84. The highest BCUT2D eigenvalue weighted by atomic mass is 32.2. The second-order valence-corrected chi connectivity index (χ2v) is 13.4. The number of hydrogen-bond acceptors (Lipinski definition) is 6. The van der Waals surface area contributed by atoms with E-state index in [0.29, 0.717) is 35.3 Å². The molecule has 2 aromatic carbocycles. The van der Waals surface area contributed by atoms with Crippen molar-refractivity contribution in [1.29, 1.82) is 0 Å². The smallest absolute Gasteiger partial charge is 0.264 e. The van der Waals surface area contributed by atoms with E-state index in [1.807, 2.05) is 43.0 Å². The maximum Gasteiger partial charge on any atom is 0.264 e. The van der Waals surface area contributed by atoms with Crippen molar-refractivity contribution in [3.63, 3.8) is 0 Å². The number of anilines is 1. The summed E-state index contributed by atoms with van der Waals surface area (Å²) in [6, 6.07) is 13.8. The van der Waals surface area contributed by atoms with Gasteiger partial charge in [0.25, 0.3) is 10.0 Å². The normalized spacial score (nSPS) is 14.5. The van der Waals surface area contributed by atoms with Gasteiger partial charge in [-0.25, -0.2) is 13.1 Å². The first kappa shape index (κ1) is 32.3. The number of amides is 2. The number of unbranched alkanes of at least 4 members (excludes halogenated alkanes) is 1. The van der Waals surface area contributed by atoms with Crippen LogP contribution in [0.15, 0.2) is 57.9 Å². The summed E-state index contributed by atoms with van der Waals surface area (Å²) in [6.45, 7) is 11.3. The summed E-state index contributed by atoms with van der Waals surface area (Å²) < 4.78 is 34.5. The molecule has 232 valence electrons. The third-order valence-corrected chi connectivity index (χ3v) is 9.52. The molecule has 2 heterocycles. The molecule has 0 radical (unpaired) electrons. The Morgan fingerprint density at radius 2 is 1.70 bits per heavy atom. The number of piperidine rings is 1. The van der Waals surface area contributed by atoms with Gasteiger partial charge in [-0.15, -0.1) is 0 Å². The number of aryl methyl sites for hydroxylation is 1. The molecular weight excluding hydrogens is 564 g/mol. The minimum Gasteiger partial charge on any atom is -0.341 e. The fraction of sp³-hybridized carbons (Fsp3) is 0.485. The molecule has 0 bridgehead atoms. The van der Waals surface area contributed by atoms with Crippen molar-refractivity contribution in [2.75, 3.05) is 17.8 Å². The Labute approximate surface area is 255 Å². The van der Waals surface area contributed by atoms with Gasteiger partial charge < -0.3 is 14.3 Å². The standard InChI is InChI=1S/C33H44N4O5S/c1-6-7-15-30(38)37(31(23(2)3)33(39)36-20-11-8-12-21-36)22-26-16-18-27(19-17-26)28-13-9-10-14-29(28)43(40,41)35-32-24(4)25(5)34-42-32/h9-10,13-14,16-19,23,31,35H,6-8,11-12,15,20-22H2,1-5H3/t31-/m0/s1. The second-order valence-electron chi connectivity index (χ2n) is 11.7. The van der Waals surface area contributed by atoms with Crippen LogP contribution in [0.2, 0.25) is 0 Å². The van der Waals surface area contributed by atoms with Crippen LogP contribution in [0.1, 0.15) is 76.1 Å². The first-order chi connectivity index (χ1) is 20.5. The number of aromatic nitrogens is 1. The van der Waals surface area contributed by atoms with Crippen LogP contribution in [-0.2, 0) is 26.2 Å². The van der Waals surface area contributed by atoms with Crippen molar-refractivity contribution in [2.24, 2.45) is 5.92 Å². The fourth-order valence-electron chi connectivity index (χ4n) is 5.51. The monoisotopic (exact) mass is 608 g/mol. The van der Waals surface area contributed by atoms with Gasteiger partial charge in [-0.05, 0) is 62.6 Å². The van der Waals surface area contributed by atoms with Crippen LogP contribution in [0, 0.1) is 19.8 Å². The van der Waals surface area contributed by atoms with Crippen LogP contribution in [0.4, 0.5) is 5.88 Å². The van der Waals surface area contributed by atoms with E-state index < -0.39 is 16.1 Å². The van der Waals surface area contributed by atoms with Gasteiger partial charge in [-0.1, -0.05) is 74.8 Å². The lowest BCUT2D eigenvalue weighted by molar-refractivity contribution is -0.149. The molecule has 0 spiro atoms. The van der Waals surface area contributed by atoms with E-state index in [-0.39, 0.29) is 28.5 Å². The largest absolute Gasteiger partial charge is 0.341 e. The number of nitrogens with one attached hydrogen (secondary N) is 1. The van der Waals surface area contributed by atoms with E-state index in [9.17, 15) is 18.0 Å². The molecule has 10 heteroatoms. The molecule has 1 saturated heterocycles. The van der Waals surface area contributed by atoms with Crippen LogP contribution >= 0.6 is 0 Å².